The molecule has 2 N–H and O–H groups in total. The van der Waals surface area contributed by atoms with Crippen LogP contribution in [0.4, 0.5) is 15.8 Å². The summed E-state index contributed by atoms with van der Waals surface area (Å²) in [6.07, 6.45) is 0. The highest BCUT2D eigenvalue weighted by atomic mass is 19.1. The highest BCUT2D eigenvalue weighted by Gasteiger charge is 2.28. The number of para-hydroxylation sites is 1. The predicted octanol–water partition coefficient (Wildman–Crippen LogP) is 2.26. The van der Waals surface area contributed by atoms with Crippen molar-refractivity contribution in [3.8, 4) is 0 Å². The number of nitro benzene ring substituents is 1. The molecule has 98 valence electrons. The van der Waals surface area contributed by atoms with Crippen LogP contribution in [-0.2, 0) is 4.79 Å². The second kappa shape index (κ2) is 4.99. The Morgan fingerprint density at radius 3 is 2.67 bits per heavy atom. The van der Waals surface area contributed by atoms with Gasteiger partial charge in [-0.25, -0.2) is 0 Å². The van der Waals surface area contributed by atoms with Crippen LogP contribution in [0.15, 0.2) is 18.2 Å². The fourth-order valence-corrected chi connectivity index (χ4v) is 1.24. The number of hydrogen-bond donors (Lipinski definition) is 2. The Bertz CT molecular complexity index is 488. The van der Waals surface area contributed by atoms with E-state index < -0.39 is 27.8 Å². The molecule has 0 aliphatic carbocycles. The van der Waals surface area contributed by atoms with Crippen molar-refractivity contribution in [2.24, 2.45) is 5.41 Å². The summed E-state index contributed by atoms with van der Waals surface area (Å²) in [7, 11) is 0. The molecule has 1 aromatic carbocycles. The van der Waals surface area contributed by atoms with E-state index in [0.29, 0.717) is 0 Å². The van der Waals surface area contributed by atoms with Crippen molar-refractivity contribution in [3.05, 3.63) is 34.1 Å². The van der Waals surface area contributed by atoms with Gasteiger partial charge in [-0.1, -0.05) is 6.07 Å². The summed E-state index contributed by atoms with van der Waals surface area (Å²) >= 11 is 0. The van der Waals surface area contributed by atoms with E-state index in [0.717, 1.165) is 6.07 Å². The van der Waals surface area contributed by atoms with Gasteiger partial charge in [0.05, 0.1) is 10.3 Å². The maximum atomic E-state index is 13.3. The third-order valence-electron chi connectivity index (χ3n) is 2.47. The van der Waals surface area contributed by atoms with Crippen molar-refractivity contribution < 1.29 is 19.2 Å². The van der Waals surface area contributed by atoms with Gasteiger partial charge in [0.2, 0.25) is 5.82 Å². The summed E-state index contributed by atoms with van der Waals surface area (Å²) in [5, 5.41) is 22.2. The van der Waals surface area contributed by atoms with Crippen LogP contribution >= 0.6 is 0 Å². The molecule has 0 saturated heterocycles. The zero-order valence-corrected chi connectivity index (χ0v) is 9.94. The molecule has 7 heteroatoms. The summed E-state index contributed by atoms with van der Waals surface area (Å²) < 4.78 is 13.3. The zero-order valence-electron chi connectivity index (χ0n) is 9.94. The van der Waals surface area contributed by atoms with Crippen molar-refractivity contribution in [3.63, 3.8) is 0 Å². The van der Waals surface area contributed by atoms with Gasteiger partial charge >= 0.3 is 11.7 Å². The van der Waals surface area contributed by atoms with Crippen molar-refractivity contribution in [1.82, 2.24) is 0 Å². The van der Waals surface area contributed by atoms with Crippen LogP contribution in [-0.4, -0.2) is 22.5 Å². The Morgan fingerprint density at radius 2 is 2.17 bits per heavy atom. The number of carboxylic acid groups (broad SMARTS) is 1. The lowest BCUT2D eigenvalue weighted by atomic mass is 9.94. The minimum Gasteiger partial charge on any atom is -0.481 e. The van der Waals surface area contributed by atoms with Gasteiger partial charge < -0.3 is 10.4 Å². The van der Waals surface area contributed by atoms with Gasteiger partial charge in [0.25, 0.3) is 0 Å². The summed E-state index contributed by atoms with van der Waals surface area (Å²) in [5.41, 5.74) is -1.83. The van der Waals surface area contributed by atoms with Gasteiger partial charge in [-0.2, -0.15) is 4.39 Å². The molecule has 0 aromatic heterocycles. The van der Waals surface area contributed by atoms with Crippen LogP contribution in [0.2, 0.25) is 0 Å². The first-order valence-corrected chi connectivity index (χ1v) is 5.16. The number of hydrogen-bond acceptors (Lipinski definition) is 4. The van der Waals surface area contributed by atoms with Gasteiger partial charge in [0.15, 0.2) is 0 Å². The van der Waals surface area contributed by atoms with E-state index in [1.165, 1.54) is 26.0 Å². The van der Waals surface area contributed by atoms with E-state index in [2.05, 4.69) is 5.32 Å². The third-order valence-corrected chi connectivity index (χ3v) is 2.47. The number of anilines is 1. The highest BCUT2D eigenvalue weighted by Crippen LogP contribution is 2.28. The second-order valence-corrected chi connectivity index (χ2v) is 4.44. The number of nitro groups is 1. The fraction of sp³-hybridized carbons (Fsp3) is 0.364. The van der Waals surface area contributed by atoms with Crippen LogP contribution in [0.3, 0.4) is 0 Å². The van der Waals surface area contributed by atoms with Gasteiger partial charge in [0, 0.05) is 6.54 Å². The standard InChI is InChI=1S/C11H13FN2O4/c1-11(2,10(15)16)6-13-8-5-3-4-7(12)9(8)14(17)18/h3-5,13H,6H2,1-2H3,(H,15,16). The summed E-state index contributed by atoms with van der Waals surface area (Å²) in [6, 6.07) is 3.63. The maximum Gasteiger partial charge on any atom is 0.327 e. The SMILES string of the molecule is CC(C)(CNc1cccc(F)c1[N+](=O)[O-])C(=O)O. The Hall–Kier alpha value is -2.18. The quantitative estimate of drug-likeness (QED) is 0.622. The lowest BCUT2D eigenvalue weighted by Crippen LogP contribution is -2.31. The Kier molecular flexibility index (Phi) is 3.85. The smallest absolute Gasteiger partial charge is 0.327 e. The predicted molar refractivity (Wildman–Crippen MR) is 63.0 cm³/mol. The topological polar surface area (TPSA) is 92.5 Å². The number of benzene rings is 1. The minimum atomic E-state index is -1.11. The van der Waals surface area contributed by atoms with E-state index >= 15 is 0 Å². The largest absolute Gasteiger partial charge is 0.481 e. The van der Waals surface area contributed by atoms with Gasteiger partial charge in [-0.05, 0) is 26.0 Å². The first-order valence-electron chi connectivity index (χ1n) is 5.16. The van der Waals surface area contributed by atoms with Crippen LogP contribution in [0.5, 0.6) is 0 Å². The van der Waals surface area contributed by atoms with Crippen LogP contribution in [0, 0.1) is 21.3 Å². The highest BCUT2D eigenvalue weighted by molar-refractivity contribution is 5.75. The molecular weight excluding hydrogens is 243 g/mol. The Labute approximate surface area is 103 Å². The Morgan fingerprint density at radius 1 is 1.56 bits per heavy atom. The van der Waals surface area contributed by atoms with Gasteiger partial charge in [-0.15, -0.1) is 0 Å². The monoisotopic (exact) mass is 256 g/mol. The van der Waals surface area contributed by atoms with Crippen molar-refractivity contribution in [2.75, 3.05) is 11.9 Å². The second-order valence-electron chi connectivity index (χ2n) is 4.44. The molecule has 0 aliphatic rings. The molecule has 0 saturated carbocycles. The fourth-order valence-electron chi connectivity index (χ4n) is 1.24. The number of carboxylic acids is 1. The van der Waals surface area contributed by atoms with Crippen molar-refractivity contribution >= 4 is 17.3 Å². The molecule has 0 bridgehead atoms. The maximum absolute atomic E-state index is 13.3. The van der Waals surface area contributed by atoms with Crippen LogP contribution in [0.25, 0.3) is 0 Å². The summed E-state index contributed by atoms with van der Waals surface area (Å²) in [6.45, 7) is 2.88. The zero-order chi connectivity index (χ0) is 13.9. The molecule has 0 unspecified atom stereocenters. The molecule has 1 aromatic rings. The molecule has 0 radical (unpaired) electrons. The van der Waals surface area contributed by atoms with E-state index in [9.17, 15) is 19.3 Å². The third kappa shape index (κ3) is 2.93. The van der Waals surface area contributed by atoms with Gasteiger partial charge in [-0.3, -0.25) is 14.9 Å². The molecule has 0 amide bonds. The number of carbonyl (C=O) groups is 1. The van der Waals surface area contributed by atoms with E-state index in [-0.39, 0.29) is 12.2 Å². The number of rotatable bonds is 5. The van der Waals surface area contributed by atoms with Gasteiger partial charge in [0.1, 0.15) is 5.69 Å². The van der Waals surface area contributed by atoms with Crippen LogP contribution < -0.4 is 5.32 Å². The molecule has 18 heavy (non-hydrogen) atoms. The first kappa shape index (κ1) is 13.9. The van der Waals surface area contributed by atoms with E-state index in [1.54, 1.807) is 0 Å². The normalized spacial score (nSPS) is 11.1. The molecule has 1 rings (SSSR count). The molecule has 0 aliphatic heterocycles. The molecule has 0 atom stereocenters. The number of halogens is 1. The summed E-state index contributed by atoms with van der Waals surface area (Å²) in [5.74, 6) is -2.01. The summed E-state index contributed by atoms with van der Waals surface area (Å²) in [4.78, 5) is 20.7. The number of nitrogens with zero attached hydrogens (tertiary/aromatic N) is 1. The van der Waals surface area contributed by atoms with E-state index in [1.807, 2.05) is 0 Å². The van der Waals surface area contributed by atoms with Crippen molar-refractivity contribution in [2.45, 2.75) is 13.8 Å². The number of nitrogens with one attached hydrogen (secondary N) is 1. The molecule has 0 spiro atoms. The molecule has 6 nitrogen and oxygen atoms in total. The molecule has 0 fully saturated rings. The lowest BCUT2D eigenvalue weighted by molar-refractivity contribution is -0.386. The Balaban J connectivity index is 2.96. The van der Waals surface area contributed by atoms with E-state index in [4.69, 9.17) is 5.11 Å². The average Bonchev–Trinajstić information content (AvgIpc) is 2.25. The average molecular weight is 256 g/mol. The number of aliphatic carboxylic acids is 1. The molecule has 0 heterocycles. The van der Waals surface area contributed by atoms with Crippen LogP contribution in [0.1, 0.15) is 13.8 Å². The lowest BCUT2D eigenvalue weighted by Gasteiger charge is -2.20. The van der Waals surface area contributed by atoms with Crippen molar-refractivity contribution in [1.29, 1.82) is 0 Å². The first-order chi connectivity index (χ1) is 8.25. The molecular formula is C11H13FN2O4. The minimum absolute atomic E-state index is 0.0330.